The van der Waals surface area contributed by atoms with Crippen molar-refractivity contribution in [2.45, 2.75) is 4.90 Å². The lowest BCUT2D eigenvalue weighted by Gasteiger charge is -2.04. The second kappa shape index (κ2) is 7.45. The van der Waals surface area contributed by atoms with Crippen LogP contribution in [0, 0.1) is 0 Å². The minimum Gasteiger partial charge on any atom is -0.370 e. The summed E-state index contributed by atoms with van der Waals surface area (Å²) < 4.78 is 61.2. The SMILES string of the molecule is O=S(=O)(O)CNc1ccc(N=Nc2cc(S(=O)(=O)O)ccc2Cl)cc1. The molecule has 0 fully saturated rings. The Bertz CT molecular complexity index is 1000. The van der Waals surface area contributed by atoms with Crippen LogP contribution in [0.2, 0.25) is 5.02 Å². The molecule has 0 amide bonds. The number of halogens is 1. The molecule has 0 radical (unpaired) electrons. The lowest BCUT2D eigenvalue weighted by atomic mass is 10.3. The largest absolute Gasteiger partial charge is 0.370 e. The van der Waals surface area contributed by atoms with E-state index >= 15 is 0 Å². The van der Waals surface area contributed by atoms with Crippen LogP contribution in [0.1, 0.15) is 0 Å². The molecule has 0 aliphatic heterocycles. The number of nitrogens with zero attached hydrogens (tertiary/aromatic N) is 2. The van der Waals surface area contributed by atoms with E-state index in [9.17, 15) is 16.8 Å². The quantitative estimate of drug-likeness (QED) is 0.493. The number of azo groups is 1. The Labute approximate surface area is 148 Å². The van der Waals surface area contributed by atoms with Crippen LogP contribution in [0.3, 0.4) is 0 Å². The lowest BCUT2D eigenvalue weighted by Crippen LogP contribution is -2.12. The Kier molecular flexibility index (Phi) is 5.75. The van der Waals surface area contributed by atoms with E-state index in [0.717, 1.165) is 12.1 Å². The number of rotatable bonds is 6. The summed E-state index contributed by atoms with van der Waals surface area (Å²) in [6, 6.07) is 9.51. The molecule has 0 atom stereocenters. The molecule has 12 heteroatoms. The van der Waals surface area contributed by atoms with Crippen molar-refractivity contribution >= 4 is 48.9 Å². The van der Waals surface area contributed by atoms with Gasteiger partial charge in [-0.2, -0.15) is 21.9 Å². The van der Waals surface area contributed by atoms with E-state index in [2.05, 4.69) is 15.5 Å². The molecule has 0 saturated carbocycles. The molecule has 2 aromatic carbocycles. The number of nitrogens with one attached hydrogen (secondary N) is 1. The topological polar surface area (TPSA) is 145 Å². The Morgan fingerprint density at radius 3 is 2.16 bits per heavy atom. The van der Waals surface area contributed by atoms with Crippen LogP contribution >= 0.6 is 11.6 Å². The Morgan fingerprint density at radius 1 is 0.960 bits per heavy atom. The molecule has 2 rings (SSSR count). The van der Waals surface area contributed by atoms with Gasteiger partial charge in [-0.1, -0.05) is 11.6 Å². The van der Waals surface area contributed by atoms with Crippen molar-refractivity contribution in [2.24, 2.45) is 10.2 Å². The minimum atomic E-state index is -4.39. The van der Waals surface area contributed by atoms with Crippen molar-refractivity contribution in [3.8, 4) is 0 Å². The van der Waals surface area contributed by atoms with Crippen molar-refractivity contribution in [2.75, 3.05) is 11.2 Å². The monoisotopic (exact) mass is 405 g/mol. The Hall–Kier alpha value is -2.05. The first-order valence-electron chi connectivity index (χ1n) is 6.52. The van der Waals surface area contributed by atoms with Crippen molar-refractivity contribution in [3.63, 3.8) is 0 Å². The molecule has 0 heterocycles. The zero-order chi connectivity index (χ0) is 18.7. The zero-order valence-corrected chi connectivity index (χ0v) is 14.8. The number of hydrogen-bond acceptors (Lipinski definition) is 7. The summed E-state index contributed by atoms with van der Waals surface area (Å²) in [7, 11) is -8.52. The summed E-state index contributed by atoms with van der Waals surface area (Å²) in [5, 5.41) is 10.3. The summed E-state index contributed by atoms with van der Waals surface area (Å²) in [4.78, 5) is -0.365. The maximum absolute atomic E-state index is 11.1. The van der Waals surface area contributed by atoms with E-state index in [1.807, 2.05) is 0 Å². The highest BCUT2D eigenvalue weighted by atomic mass is 35.5. The molecule has 134 valence electrons. The third-order valence-electron chi connectivity index (χ3n) is 2.81. The molecule has 0 saturated heterocycles. The van der Waals surface area contributed by atoms with E-state index in [1.54, 1.807) is 0 Å². The third-order valence-corrected chi connectivity index (χ3v) is 4.49. The molecular formula is C13H12ClN3O6S2. The fourth-order valence-electron chi connectivity index (χ4n) is 1.66. The molecule has 0 aliphatic rings. The lowest BCUT2D eigenvalue weighted by molar-refractivity contribution is 0.481. The van der Waals surface area contributed by atoms with Gasteiger partial charge in [0.25, 0.3) is 20.2 Å². The average molecular weight is 406 g/mol. The highest BCUT2D eigenvalue weighted by Gasteiger charge is 2.12. The molecule has 3 N–H and O–H groups in total. The summed E-state index contributed by atoms with van der Waals surface area (Å²) in [6.45, 7) is 0. The normalized spacial score (nSPS) is 12.4. The van der Waals surface area contributed by atoms with Gasteiger partial charge < -0.3 is 5.32 Å². The van der Waals surface area contributed by atoms with Crippen LogP contribution in [0.15, 0.2) is 57.6 Å². The van der Waals surface area contributed by atoms with Gasteiger partial charge in [-0.05, 0) is 42.5 Å². The minimum absolute atomic E-state index is 0.0466. The van der Waals surface area contributed by atoms with Gasteiger partial charge in [0, 0.05) is 5.69 Å². The highest BCUT2D eigenvalue weighted by molar-refractivity contribution is 7.86. The predicted molar refractivity (Wildman–Crippen MR) is 91.9 cm³/mol. The van der Waals surface area contributed by atoms with Crippen LogP contribution in [-0.4, -0.2) is 31.8 Å². The molecule has 0 bridgehead atoms. The molecule has 25 heavy (non-hydrogen) atoms. The predicted octanol–water partition coefficient (Wildman–Crippen LogP) is 3.26. The van der Waals surface area contributed by atoms with Gasteiger partial charge >= 0.3 is 0 Å². The Morgan fingerprint density at radius 2 is 1.60 bits per heavy atom. The van der Waals surface area contributed by atoms with Crippen LogP contribution in [0.25, 0.3) is 0 Å². The first-order chi connectivity index (χ1) is 11.5. The average Bonchev–Trinajstić information content (AvgIpc) is 2.51. The van der Waals surface area contributed by atoms with Crippen molar-refractivity contribution < 1.29 is 25.9 Å². The van der Waals surface area contributed by atoms with Crippen molar-refractivity contribution in [1.29, 1.82) is 0 Å². The third kappa shape index (κ3) is 6.07. The van der Waals surface area contributed by atoms with E-state index in [0.29, 0.717) is 11.4 Å². The zero-order valence-electron chi connectivity index (χ0n) is 12.4. The molecule has 0 unspecified atom stereocenters. The van der Waals surface area contributed by atoms with E-state index < -0.39 is 26.1 Å². The van der Waals surface area contributed by atoms with E-state index in [4.69, 9.17) is 20.7 Å². The number of anilines is 1. The molecule has 2 aromatic rings. The fourth-order valence-corrected chi connectivity index (χ4v) is 2.67. The molecule has 9 nitrogen and oxygen atoms in total. The van der Waals surface area contributed by atoms with Crippen LogP contribution in [0.5, 0.6) is 0 Å². The summed E-state index contributed by atoms with van der Waals surface area (Å²) >= 11 is 5.90. The smallest absolute Gasteiger partial charge is 0.294 e. The van der Waals surface area contributed by atoms with Crippen LogP contribution < -0.4 is 5.32 Å². The molecule has 0 spiro atoms. The van der Waals surface area contributed by atoms with Gasteiger partial charge in [-0.3, -0.25) is 9.11 Å². The van der Waals surface area contributed by atoms with Crippen molar-refractivity contribution in [1.82, 2.24) is 0 Å². The molecule has 0 aromatic heterocycles. The molecule has 0 aliphatic carbocycles. The van der Waals surface area contributed by atoms with Crippen LogP contribution in [-0.2, 0) is 20.2 Å². The van der Waals surface area contributed by atoms with E-state index in [1.165, 1.54) is 30.3 Å². The second-order valence-electron chi connectivity index (χ2n) is 4.74. The van der Waals surface area contributed by atoms with Gasteiger partial charge in [0.05, 0.1) is 15.6 Å². The van der Waals surface area contributed by atoms with Crippen LogP contribution in [0.4, 0.5) is 17.1 Å². The van der Waals surface area contributed by atoms with Gasteiger partial charge in [0.1, 0.15) is 11.6 Å². The van der Waals surface area contributed by atoms with Gasteiger partial charge in [-0.25, -0.2) is 0 Å². The first kappa shape index (κ1) is 19.3. The summed E-state index contributed by atoms with van der Waals surface area (Å²) in [5.74, 6) is -0.633. The van der Waals surface area contributed by atoms with Gasteiger partial charge in [0.2, 0.25) is 0 Å². The first-order valence-corrected chi connectivity index (χ1v) is 9.95. The number of hydrogen-bond donors (Lipinski definition) is 3. The van der Waals surface area contributed by atoms with E-state index in [-0.39, 0.29) is 15.6 Å². The molecular weight excluding hydrogens is 394 g/mol. The standard InChI is InChI=1S/C13H12ClN3O6S2/c14-12-6-5-11(25(21,22)23)7-13(12)17-16-10-3-1-9(2-4-10)15-8-24(18,19)20/h1-7,15H,8H2,(H,18,19,20)(H,21,22,23). The van der Waals surface area contributed by atoms with Crippen molar-refractivity contribution in [3.05, 3.63) is 47.5 Å². The summed E-state index contributed by atoms with van der Waals surface area (Å²) in [5.41, 5.74) is 0.860. The number of benzene rings is 2. The maximum Gasteiger partial charge on any atom is 0.294 e. The fraction of sp³-hybridized carbons (Fsp3) is 0.0769. The Balaban J connectivity index is 2.17. The maximum atomic E-state index is 11.1. The summed E-state index contributed by atoms with van der Waals surface area (Å²) in [6.07, 6.45) is 0. The van der Waals surface area contributed by atoms with Gasteiger partial charge in [-0.15, -0.1) is 5.11 Å². The van der Waals surface area contributed by atoms with Gasteiger partial charge in [0.15, 0.2) is 0 Å². The highest BCUT2D eigenvalue weighted by Crippen LogP contribution is 2.29. The second-order valence-corrected chi connectivity index (χ2v) is 8.02.